The number of rotatable bonds is 5. The summed E-state index contributed by atoms with van der Waals surface area (Å²) in [6.45, 7) is 2.59. The lowest BCUT2D eigenvalue weighted by atomic mass is 10.3. The molecule has 0 radical (unpaired) electrons. The highest BCUT2D eigenvalue weighted by Crippen LogP contribution is 2.26. The molecule has 0 heterocycles. The van der Waals surface area contributed by atoms with Crippen LogP contribution in [0.5, 0.6) is 0 Å². The van der Waals surface area contributed by atoms with Crippen molar-refractivity contribution in [2.24, 2.45) is 5.73 Å². The third-order valence-corrected chi connectivity index (χ3v) is 4.38. The number of amides is 1. The summed E-state index contributed by atoms with van der Waals surface area (Å²) in [5.74, 6) is 0.402. The first-order valence-electron chi connectivity index (χ1n) is 5.09. The van der Waals surface area contributed by atoms with Crippen LogP contribution in [0.2, 0.25) is 0 Å². The number of nitrogens with one attached hydrogen (secondary N) is 1. The molecule has 3 N–H and O–H groups in total. The van der Waals surface area contributed by atoms with Crippen LogP contribution in [0.4, 0.5) is 5.69 Å². The second-order valence-electron chi connectivity index (χ2n) is 3.53. The van der Waals surface area contributed by atoms with Crippen molar-refractivity contribution in [1.82, 2.24) is 0 Å². The van der Waals surface area contributed by atoms with Crippen molar-refractivity contribution in [3.8, 4) is 0 Å². The lowest BCUT2D eigenvalue weighted by Gasteiger charge is -2.10. The van der Waals surface area contributed by atoms with Gasteiger partial charge in [0.1, 0.15) is 0 Å². The van der Waals surface area contributed by atoms with Crippen LogP contribution < -0.4 is 11.1 Å². The number of benzene rings is 1. The molecule has 0 aromatic heterocycles. The maximum absolute atomic E-state index is 11.7. The third kappa shape index (κ3) is 5.42. The van der Waals surface area contributed by atoms with Crippen LogP contribution in [0.15, 0.2) is 27.1 Å². The van der Waals surface area contributed by atoms with Gasteiger partial charge in [0.05, 0.1) is 11.4 Å². The molecule has 0 saturated carbocycles. The highest BCUT2D eigenvalue weighted by Gasteiger charge is 2.08. The molecule has 1 amide bonds. The fourth-order valence-corrected chi connectivity index (χ4v) is 2.85. The Kier molecular flexibility index (Phi) is 6.54. The molecule has 0 aliphatic rings. The van der Waals surface area contributed by atoms with E-state index >= 15 is 0 Å². The Morgan fingerprint density at radius 2 is 2.24 bits per heavy atom. The molecule has 0 aliphatic heterocycles. The number of hydrogen-bond donors (Lipinski definition) is 2. The predicted molar refractivity (Wildman–Crippen MR) is 81.4 cm³/mol. The lowest BCUT2D eigenvalue weighted by molar-refractivity contribution is -0.113. The molecule has 1 aromatic rings. The van der Waals surface area contributed by atoms with Gasteiger partial charge in [-0.3, -0.25) is 4.79 Å². The first kappa shape index (κ1) is 15.0. The smallest absolute Gasteiger partial charge is 0.234 e. The molecule has 0 aliphatic carbocycles. The van der Waals surface area contributed by atoms with Gasteiger partial charge in [-0.05, 0) is 34.1 Å². The Bertz CT molecular complexity index is 401. The number of anilines is 1. The summed E-state index contributed by atoms with van der Waals surface area (Å²) in [5, 5.41) is 3.15. The van der Waals surface area contributed by atoms with Gasteiger partial charge in [0.2, 0.25) is 5.91 Å². The van der Waals surface area contributed by atoms with E-state index in [0.717, 1.165) is 14.6 Å². The van der Waals surface area contributed by atoms with Crippen LogP contribution in [0.25, 0.3) is 0 Å². The largest absolute Gasteiger partial charge is 0.329 e. The van der Waals surface area contributed by atoms with Crippen molar-refractivity contribution >= 4 is 55.2 Å². The molecule has 1 atom stereocenters. The van der Waals surface area contributed by atoms with Gasteiger partial charge < -0.3 is 11.1 Å². The standard InChI is InChI=1S/C11H14Br2N2OS/c1-7(5-14)17-6-11(16)15-10-3-2-8(12)4-9(10)13/h2-4,7H,5-6,14H2,1H3,(H,15,16). The Morgan fingerprint density at radius 3 is 2.82 bits per heavy atom. The van der Waals surface area contributed by atoms with E-state index in [-0.39, 0.29) is 5.91 Å². The van der Waals surface area contributed by atoms with E-state index in [0.29, 0.717) is 17.5 Å². The van der Waals surface area contributed by atoms with Gasteiger partial charge in [0.25, 0.3) is 0 Å². The van der Waals surface area contributed by atoms with Crippen LogP contribution in [-0.4, -0.2) is 23.5 Å². The second-order valence-corrected chi connectivity index (χ2v) is 6.73. The van der Waals surface area contributed by atoms with E-state index in [1.165, 1.54) is 0 Å². The number of halogens is 2. The van der Waals surface area contributed by atoms with Gasteiger partial charge in [0.15, 0.2) is 0 Å². The molecular weight excluding hydrogens is 368 g/mol. The SMILES string of the molecule is CC(CN)SCC(=O)Nc1ccc(Br)cc1Br. The van der Waals surface area contributed by atoms with Crippen LogP contribution in [-0.2, 0) is 4.79 Å². The van der Waals surface area contributed by atoms with Gasteiger partial charge >= 0.3 is 0 Å². The Balaban J connectivity index is 2.50. The fourth-order valence-electron chi connectivity index (χ4n) is 1.06. The molecule has 94 valence electrons. The molecule has 1 aromatic carbocycles. The monoisotopic (exact) mass is 380 g/mol. The van der Waals surface area contributed by atoms with Gasteiger partial charge in [-0.25, -0.2) is 0 Å². The van der Waals surface area contributed by atoms with Crippen molar-refractivity contribution in [3.63, 3.8) is 0 Å². The Morgan fingerprint density at radius 1 is 1.53 bits per heavy atom. The Labute approximate surface area is 122 Å². The van der Waals surface area contributed by atoms with Crippen molar-refractivity contribution in [2.75, 3.05) is 17.6 Å². The molecule has 0 bridgehead atoms. The zero-order chi connectivity index (χ0) is 12.8. The topological polar surface area (TPSA) is 55.1 Å². The summed E-state index contributed by atoms with van der Waals surface area (Å²) in [6.07, 6.45) is 0. The van der Waals surface area contributed by atoms with Crippen molar-refractivity contribution in [3.05, 3.63) is 27.1 Å². The first-order valence-corrected chi connectivity index (χ1v) is 7.73. The highest BCUT2D eigenvalue weighted by molar-refractivity contribution is 9.11. The predicted octanol–water partition coefficient (Wildman–Crippen LogP) is 3.23. The summed E-state index contributed by atoms with van der Waals surface area (Å²) >= 11 is 8.31. The molecule has 6 heteroatoms. The van der Waals surface area contributed by atoms with Crippen LogP contribution in [0, 0.1) is 0 Å². The Hall–Kier alpha value is -0.0400. The molecule has 0 fully saturated rings. The number of hydrogen-bond acceptors (Lipinski definition) is 3. The van der Waals surface area contributed by atoms with Gasteiger partial charge in [-0.1, -0.05) is 22.9 Å². The van der Waals surface area contributed by atoms with Crippen LogP contribution in [0.3, 0.4) is 0 Å². The van der Waals surface area contributed by atoms with E-state index in [4.69, 9.17) is 5.73 Å². The molecule has 1 rings (SSSR count). The average molecular weight is 382 g/mol. The minimum Gasteiger partial charge on any atom is -0.329 e. The third-order valence-electron chi connectivity index (χ3n) is 2.04. The van der Waals surface area contributed by atoms with Crippen LogP contribution >= 0.6 is 43.6 Å². The normalized spacial score (nSPS) is 12.2. The minimum absolute atomic E-state index is 0.0154. The van der Waals surface area contributed by atoms with Gasteiger partial charge in [0, 0.05) is 20.7 Å². The highest BCUT2D eigenvalue weighted by atomic mass is 79.9. The lowest BCUT2D eigenvalue weighted by Crippen LogP contribution is -2.19. The minimum atomic E-state index is -0.0154. The maximum Gasteiger partial charge on any atom is 0.234 e. The van der Waals surface area contributed by atoms with E-state index in [1.54, 1.807) is 11.8 Å². The average Bonchev–Trinajstić information content (AvgIpc) is 2.29. The molecule has 3 nitrogen and oxygen atoms in total. The van der Waals surface area contributed by atoms with Crippen LogP contribution in [0.1, 0.15) is 6.92 Å². The molecule has 0 saturated heterocycles. The fraction of sp³-hybridized carbons (Fsp3) is 0.364. The first-order chi connectivity index (χ1) is 8.02. The molecular formula is C11H14Br2N2OS. The zero-order valence-electron chi connectivity index (χ0n) is 9.37. The number of thioether (sulfide) groups is 1. The summed E-state index contributed by atoms with van der Waals surface area (Å²) in [5.41, 5.74) is 6.26. The van der Waals surface area contributed by atoms with E-state index in [2.05, 4.69) is 37.2 Å². The van der Waals surface area contributed by atoms with Crippen molar-refractivity contribution in [1.29, 1.82) is 0 Å². The second kappa shape index (κ2) is 7.41. The zero-order valence-corrected chi connectivity index (χ0v) is 13.4. The van der Waals surface area contributed by atoms with Gasteiger partial charge in [-0.2, -0.15) is 0 Å². The van der Waals surface area contributed by atoms with Crippen molar-refractivity contribution < 1.29 is 4.79 Å². The van der Waals surface area contributed by atoms with Crippen molar-refractivity contribution in [2.45, 2.75) is 12.2 Å². The number of carbonyl (C=O) groups excluding carboxylic acids is 1. The summed E-state index contributed by atoms with van der Waals surface area (Å²) < 4.78 is 1.82. The molecule has 0 spiro atoms. The van der Waals surface area contributed by atoms with Gasteiger partial charge in [-0.15, -0.1) is 11.8 Å². The van der Waals surface area contributed by atoms with E-state index in [1.807, 2.05) is 25.1 Å². The summed E-state index contributed by atoms with van der Waals surface area (Å²) in [6, 6.07) is 5.63. The molecule has 1 unspecified atom stereocenters. The molecule has 17 heavy (non-hydrogen) atoms. The maximum atomic E-state index is 11.7. The number of nitrogens with two attached hydrogens (primary N) is 1. The number of carbonyl (C=O) groups is 1. The van der Waals surface area contributed by atoms with E-state index in [9.17, 15) is 4.79 Å². The van der Waals surface area contributed by atoms with E-state index < -0.39 is 0 Å². The summed E-state index contributed by atoms with van der Waals surface area (Å²) in [4.78, 5) is 11.7. The summed E-state index contributed by atoms with van der Waals surface area (Å²) in [7, 11) is 0. The quantitative estimate of drug-likeness (QED) is 0.823.